The summed E-state index contributed by atoms with van der Waals surface area (Å²) in [4.78, 5) is 18.2. The highest BCUT2D eigenvalue weighted by atomic mass is 35.5. The van der Waals surface area contributed by atoms with Crippen LogP contribution in [0.1, 0.15) is 29.4 Å². The number of nitrogens with zero attached hydrogens (tertiary/aromatic N) is 2. The average Bonchev–Trinajstić information content (AvgIpc) is 2.61. The van der Waals surface area contributed by atoms with Gasteiger partial charge in [-0.05, 0) is 31.2 Å². The second-order valence-corrected chi connectivity index (χ2v) is 6.72. The number of carbonyl (C=O) groups excluding carboxylic acids is 1. The fraction of sp³-hybridized carbons (Fsp3) is 0.263. The zero-order valence-corrected chi connectivity index (χ0v) is 15.5. The maximum absolute atomic E-state index is 12.0. The molecule has 3 rings (SSSR count). The van der Waals surface area contributed by atoms with Crippen molar-refractivity contribution in [1.29, 1.82) is 0 Å². The van der Waals surface area contributed by atoms with E-state index < -0.39 is 5.97 Å². The van der Waals surface area contributed by atoms with Crippen molar-refractivity contribution >= 4 is 34.9 Å². The number of aromatic nitrogens is 1. The lowest BCUT2D eigenvalue weighted by atomic mass is 10.1. The fourth-order valence-corrected chi connectivity index (χ4v) is 3.19. The van der Waals surface area contributed by atoms with E-state index in [2.05, 4.69) is 10.9 Å². The van der Waals surface area contributed by atoms with E-state index in [1.54, 1.807) is 31.3 Å². The van der Waals surface area contributed by atoms with Gasteiger partial charge in [0.15, 0.2) is 6.73 Å². The van der Waals surface area contributed by atoms with E-state index in [4.69, 9.17) is 39.1 Å². The van der Waals surface area contributed by atoms with Crippen molar-refractivity contribution in [2.24, 2.45) is 0 Å². The van der Waals surface area contributed by atoms with Gasteiger partial charge in [0.2, 0.25) is 0 Å². The molecule has 0 fully saturated rings. The molecule has 1 aliphatic heterocycles. The van der Waals surface area contributed by atoms with Crippen molar-refractivity contribution in [2.45, 2.75) is 26.0 Å². The lowest BCUT2D eigenvalue weighted by molar-refractivity contribution is 0.0345. The van der Waals surface area contributed by atoms with E-state index in [1.807, 2.05) is 11.0 Å². The number of anilines is 1. The molecule has 1 atom stereocenters. The Morgan fingerprint density at radius 2 is 2.27 bits per heavy atom. The van der Waals surface area contributed by atoms with Gasteiger partial charge in [-0.25, -0.2) is 9.78 Å². The number of benzene rings is 1. The highest BCUT2D eigenvalue weighted by Gasteiger charge is 2.21. The summed E-state index contributed by atoms with van der Waals surface area (Å²) in [5.41, 5.74) is 1.92. The molecule has 2 heterocycles. The van der Waals surface area contributed by atoms with Gasteiger partial charge in [-0.2, -0.15) is 0 Å². The summed E-state index contributed by atoms with van der Waals surface area (Å²) in [7, 11) is 0. The molecule has 7 heteroatoms. The molecule has 5 nitrogen and oxygen atoms in total. The van der Waals surface area contributed by atoms with Gasteiger partial charge in [-0.15, -0.1) is 12.3 Å². The van der Waals surface area contributed by atoms with Crippen LogP contribution >= 0.6 is 23.2 Å². The molecule has 0 spiro atoms. The molecule has 1 aromatic heterocycles. The smallest absolute Gasteiger partial charge is 0.357 e. The first-order valence-electron chi connectivity index (χ1n) is 7.94. The third-order valence-electron chi connectivity index (χ3n) is 3.85. The number of fused-ring (bicyclic) bond motifs is 1. The van der Waals surface area contributed by atoms with E-state index in [-0.39, 0.29) is 11.8 Å². The van der Waals surface area contributed by atoms with Crippen LogP contribution in [0.3, 0.4) is 0 Å². The zero-order chi connectivity index (χ0) is 18.7. The SMILES string of the molecule is C#CCC(C)OC(=O)c1ccc(N2COc3c(Cl)cc(Cl)cc3C2)cn1. The largest absolute Gasteiger partial charge is 0.471 e. The van der Waals surface area contributed by atoms with Gasteiger partial charge in [0.1, 0.15) is 17.5 Å². The first-order chi connectivity index (χ1) is 12.5. The molecule has 0 radical (unpaired) electrons. The number of hydrogen-bond acceptors (Lipinski definition) is 5. The summed E-state index contributed by atoms with van der Waals surface area (Å²) in [5, 5.41) is 1.04. The second kappa shape index (κ2) is 7.86. The number of ether oxygens (including phenoxy) is 2. The number of carbonyl (C=O) groups is 1. The van der Waals surface area contributed by atoms with Crippen molar-refractivity contribution in [1.82, 2.24) is 4.98 Å². The summed E-state index contributed by atoms with van der Waals surface area (Å²) in [5.74, 6) is 2.60. The molecule has 1 aromatic carbocycles. The van der Waals surface area contributed by atoms with Crippen molar-refractivity contribution in [3.8, 4) is 18.1 Å². The van der Waals surface area contributed by atoms with Gasteiger partial charge < -0.3 is 14.4 Å². The Bertz CT molecular complexity index is 862. The van der Waals surface area contributed by atoms with Crippen molar-refractivity contribution in [2.75, 3.05) is 11.6 Å². The Balaban J connectivity index is 1.71. The van der Waals surface area contributed by atoms with Gasteiger partial charge in [-0.3, -0.25) is 0 Å². The van der Waals surface area contributed by atoms with Gasteiger partial charge in [0.25, 0.3) is 0 Å². The molecule has 1 unspecified atom stereocenters. The zero-order valence-electron chi connectivity index (χ0n) is 14.0. The Labute approximate surface area is 161 Å². The van der Waals surface area contributed by atoms with E-state index >= 15 is 0 Å². The van der Waals surface area contributed by atoms with Crippen LogP contribution in [-0.2, 0) is 11.3 Å². The van der Waals surface area contributed by atoms with E-state index in [1.165, 1.54) is 0 Å². The average molecular weight is 391 g/mol. The Morgan fingerprint density at radius 3 is 2.96 bits per heavy atom. The van der Waals surface area contributed by atoms with E-state index in [0.717, 1.165) is 11.3 Å². The van der Waals surface area contributed by atoms with Gasteiger partial charge in [-0.1, -0.05) is 23.2 Å². The van der Waals surface area contributed by atoms with Crippen LogP contribution in [0.25, 0.3) is 0 Å². The Kier molecular flexibility index (Phi) is 5.55. The number of halogens is 2. The van der Waals surface area contributed by atoms with Crippen LogP contribution in [0.5, 0.6) is 5.75 Å². The maximum Gasteiger partial charge on any atom is 0.357 e. The normalized spacial score (nSPS) is 14.0. The molecule has 1 aliphatic rings. The third-order valence-corrected chi connectivity index (χ3v) is 4.35. The van der Waals surface area contributed by atoms with Crippen molar-refractivity contribution < 1.29 is 14.3 Å². The summed E-state index contributed by atoms with van der Waals surface area (Å²) in [6, 6.07) is 6.87. The predicted molar refractivity (Wildman–Crippen MR) is 101 cm³/mol. The van der Waals surface area contributed by atoms with Crippen molar-refractivity contribution in [3.05, 3.63) is 51.8 Å². The molecule has 0 saturated heterocycles. The molecule has 26 heavy (non-hydrogen) atoms. The number of terminal acetylenes is 1. The molecule has 0 amide bonds. The summed E-state index contributed by atoms with van der Waals surface area (Å²) < 4.78 is 11.0. The molecule has 2 aromatic rings. The summed E-state index contributed by atoms with van der Waals surface area (Å²) in [6.45, 7) is 2.63. The summed E-state index contributed by atoms with van der Waals surface area (Å²) in [6.07, 6.45) is 6.82. The highest BCUT2D eigenvalue weighted by molar-refractivity contribution is 6.35. The highest BCUT2D eigenvalue weighted by Crippen LogP contribution is 2.36. The van der Waals surface area contributed by atoms with Crippen molar-refractivity contribution in [3.63, 3.8) is 0 Å². The molecule has 0 saturated carbocycles. The van der Waals surface area contributed by atoms with Gasteiger partial charge >= 0.3 is 5.97 Å². The number of esters is 1. The third kappa shape index (κ3) is 4.04. The minimum Gasteiger partial charge on any atom is -0.471 e. The molecular formula is C19H16Cl2N2O3. The van der Waals surface area contributed by atoms with Gasteiger partial charge in [0, 0.05) is 17.0 Å². The Hall–Kier alpha value is -2.42. The van der Waals surface area contributed by atoms with Crippen LogP contribution < -0.4 is 9.64 Å². The van der Waals surface area contributed by atoms with Crippen LogP contribution in [-0.4, -0.2) is 23.8 Å². The van der Waals surface area contributed by atoms with E-state index in [9.17, 15) is 4.79 Å². The Morgan fingerprint density at radius 1 is 1.46 bits per heavy atom. The monoisotopic (exact) mass is 390 g/mol. The van der Waals surface area contributed by atoms with Gasteiger partial charge in [0.05, 0.1) is 23.5 Å². The molecular weight excluding hydrogens is 375 g/mol. The van der Waals surface area contributed by atoms with E-state index in [0.29, 0.717) is 35.5 Å². The number of hydrogen-bond donors (Lipinski definition) is 0. The first kappa shape index (κ1) is 18.4. The van der Waals surface area contributed by atoms with Crippen LogP contribution in [0.4, 0.5) is 5.69 Å². The second-order valence-electron chi connectivity index (χ2n) is 5.87. The molecule has 0 bridgehead atoms. The minimum atomic E-state index is -0.502. The minimum absolute atomic E-state index is 0.224. The lowest BCUT2D eigenvalue weighted by Crippen LogP contribution is -2.32. The van der Waals surface area contributed by atoms with Crippen LogP contribution in [0.15, 0.2) is 30.5 Å². The predicted octanol–water partition coefficient (Wildman–Crippen LogP) is 4.31. The summed E-state index contributed by atoms with van der Waals surface area (Å²) >= 11 is 12.2. The molecule has 0 aliphatic carbocycles. The number of pyridine rings is 1. The first-order valence-corrected chi connectivity index (χ1v) is 8.69. The molecule has 0 N–H and O–H groups in total. The number of rotatable bonds is 4. The molecule has 134 valence electrons. The van der Waals surface area contributed by atoms with Crippen LogP contribution in [0.2, 0.25) is 10.0 Å². The lowest BCUT2D eigenvalue weighted by Gasteiger charge is -2.31. The quantitative estimate of drug-likeness (QED) is 0.574. The fourth-order valence-electron chi connectivity index (χ4n) is 2.60. The standard InChI is InChI=1S/C19H16Cl2N2O3/c1-3-4-12(2)26-19(24)17-6-5-15(9-22-17)23-10-13-7-14(20)8-16(21)18(13)25-11-23/h1,5-9,12H,4,10-11H2,2H3. The topological polar surface area (TPSA) is 51.7 Å². The van der Waals surface area contributed by atoms with Crippen LogP contribution in [0, 0.1) is 12.3 Å². The maximum atomic E-state index is 12.0.